The quantitative estimate of drug-likeness (QED) is 0.598. The minimum absolute atomic E-state index is 0.0328. The summed E-state index contributed by atoms with van der Waals surface area (Å²) in [5, 5.41) is 18.8. The van der Waals surface area contributed by atoms with E-state index in [4.69, 9.17) is 10.2 Å². The monoisotopic (exact) mass is 314 g/mol. The molecule has 18 heavy (non-hydrogen) atoms. The highest BCUT2D eigenvalue weighted by atomic mass is 79.9. The second-order valence-corrected chi connectivity index (χ2v) is 4.82. The fourth-order valence-electron chi connectivity index (χ4n) is 1.68. The Labute approximate surface area is 114 Å². The number of hydrogen-bond donors (Lipinski definition) is 2. The van der Waals surface area contributed by atoms with Crippen molar-refractivity contribution in [3.05, 3.63) is 34.9 Å². The third-order valence-electron chi connectivity index (χ3n) is 2.59. The van der Waals surface area contributed by atoms with Crippen molar-refractivity contribution in [3.8, 4) is 0 Å². The molecule has 0 unspecified atom stereocenters. The number of carbonyl (C=O) groups is 2. The third-order valence-corrected chi connectivity index (χ3v) is 3.15. The molecule has 0 aliphatic rings. The van der Waals surface area contributed by atoms with E-state index in [-0.39, 0.29) is 11.1 Å². The number of unbranched alkanes of at least 4 members (excludes halogenated alkanes) is 2. The molecular weight excluding hydrogens is 300 g/mol. The molecule has 0 saturated carbocycles. The zero-order valence-electron chi connectivity index (χ0n) is 9.86. The van der Waals surface area contributed by atoms with E-state index < -0.39 is 11.9 Å². The van der Waals surface area contributed by atoms with Gasteiger partial charge in [0, 0.05) is 5.33 Å². The molecule has 0 amide bonds. The van der Waals surface area contributed by atoms with Gasteiger partial charge in [0.1, 0.15) is 0 Å². The van der Waals surface area contributed by atoms with Gasteiger partial charge in [-0.25, -0.2) is 9.59 Å². The Morgan fingerprint density at radius 1 is 0.944 bits per heavy atom. The van der Waals surface area contributed by atoms with Gasteiger partial charge < -0.3 is 10.2 Å². The van der Waals surface area contributed by atoms with Gasteiger partial charge in [0.15, 0.2) is 0 Å². The molecule has 2 N–H and O–H groups in total. The van der Waals surface area contributed by atoms with Crippen LogP contribution in [0.4, 0.5) is 0 Å². The summed E-state index contributed by atoms with van der Waals surface area (Å²) in [6.45, 7) is 0. The van der Waals surface area contributed by atoms with Crippen molar-refractivity contribution in [3.63, 3.8) is 0 Å². The molecule has 1 aromatic rings. The van der Waals surface area contributed by atoms with Gasteiger partial charge in [-0.05, 0) is 43.0 Å². The minimum Gasteiger partial charge on any atom is -0.478 e. The van der Waals surface area contributed by atoms with Crippen molar-refractivity contribution in [1.29, 1.82) is 0 Å². The van der Waals surface area contributed by atoms with Gasteiger partial charge in [-0.15, -0.1) is 0 Å². The molecule has 0 spiro atoms. The maximum absolute atomic E-state index is 10.9. The zero-order valence-corrected chi connectivity index (χ0v) is 11.4. The van der Waals surface area contributed by atoms with Crippen LogP contribution in [-0.4, -0.2) is 27.5 Å². The molecule has 0 aromatic heterocycles. The van der Waals surface area contributed by atoms with Crippen LogP contribution in [-0.2, 0) is 6.42 Å². The maximum Gasteiger partial charge on any atom is 0.335 e. The first kappa shape index (κ1) is 14.7. The topological polar surface area (TPSA) is 74.6 Å². The lowest BCUT2D eigenvalue weighted by atomic mass is 10.0. The van der Waals surface area contributed by atoms with E-state index in [2.05, 4.69) is 15.9 Å². The van der Waals surface area contributed by atoms with Crippen molar-refractivity contribution in [2.75, 3.05) is 5.33 Å². The second-order valence-electron chi connectivity index (χ2n) is 4.03. The second kappa shape index (κ2) is 7.16. The molecule has 98 valence electrons. The van der Waals surface area contributed by atoms with Crippen molar-refractivity contribution in [2.45, 2.75) is 25.7 Å². The normalized spacial score (nSPS) is 10.3. The van der Waals surface area contributed by atoms with E-state index in [1.807, 2.05) is 0 Å². The van der Waals surface area contributed by atoms with Crippen molar-refractivity contribution in [2.24, 2.45) is 0 Å². The standard InChI is InChI=1S/C13H15BrO4/c14-5-3-1-2-4-9-6-10(12(15)16)8-11(7-9)13(17)18/h6-8H,1-5H2,(H,15,16)(H,17,18). The van der Waals surface area contributed by atoms with Gasteiger partial charge in [-0.1, -0.05) is 22.4 Å². The molecule has 5 heteroatoms. The third kappa shape index (κ3) is 4.49. The maximum atomic E-state index is 10.9. The van der Waals surface area contributed by atoms with Crippen molar-refractivity contribution >= 4 is 27.9 Å². The first-order valence-corrected chi connectivity index (χ1v) is 6.83. The SMILES string of the molecule is O=C(O)c1cc(CCCCCBr)cc(C(=O)O)c1. The van der Waals surface area contributed by atoms with E-state index in [1.54, 1.807) is 12.1 Å². The Bertz CT molecular complexity index is 410. The Kier molecular flexibility index (Phi) is 5.85. The largest absolute Gasteiger partial charge is 0.478 e. The number of benzene rings is 1. The lowest BCUT2D eigenvalue weighted by Gasteiger charge is -2.05. The molecule has 0 aliphatic carbocycles. The van der Waals surface area contributed by atoms with Crippen LogP contribution in [0.15, 0.2) is 18.2 Å². The predicted molar refractivity (Wildman–Crippen MR) is 71.7 cm³/mol. The van der Waals surface area contributed by atoms with Gasteiger partial charge in [-0.3, -0.25) is 0 Å². The molecule has 0 atom stereocenters. The van der Waals surface area contributed by atoms with E-state index in [0.717, 1.165) is 30.2 Å². The first-order chi connectivity index (χ1) is 8.54. The van der Waals surface area contributed by atoms with Crippen LogP contribution in [0.5, 0.6) is 0 Å². The van der Waals surface area contributed by atoms with Crippen molar-refractivity contribution in [1.82, 2.24) is 0 Å². The number of aryl methyl sites for hydroxylation is 1. The molecule has 0 aliphatic heterocycles. The molecule has 0 fully saturated rings. The Morgan fingerprint density at radius 2 is 1.50 bits per heavy atom. The first-order valence-electron chi connectivity index (χ1n) is 5.71. The summed E-state index contributed by atoms with van der Waals surface area (Å²) >= 11 is 3.34. The van der Waals surface area contributed by atoms with Gasteiger partial charge in [-0.2, -0.15) is 0 Å². The number of rotatable bonds is 7. The molecule has 1 rings (SSSR count). The molecular formula is C13H15BrO4. The van der Waals surface area contributed by atoms with E-state index >= 15 is 0 Å². The van der Waals surface area contributed by atoms with Crippen LogP contribution in [0, 0.1) is 0 Å². The van der Waals surface area contributed by atoms with Crippen LogP contribution in [0.1, 0.15) is 45.5 Å². The van der Waals surface area contributed by atoms with Crippen LogP contribution >= 0.6 is 15.9 Å². The lowest BCUT2D eigenvalue weighted by molar-refractivity contribution is 0.0696. The fraction of sp³-hybridized carbons (Fsp3) is 0.385. The fourth-order valence-corrected chi connectivity index (χ4v) is 2.08. The van der Waals surface area contributed by atoms with Gasteiger partial charge in [0.2, 0.25) is 0 Å². The van der Waals surface area contributed by atoms with E-state index in [9.17, 15) is 9.59 Å². The number of hydrogen-bond acceptors (Lipinski definition) is 2. The highest BCUT2D eigenvalue weighted by Crippen LogP contribution is 2.14. The number of alkyl halides is 1. The molecule has 1 aromatic carbocycles. The average molecular weight is 315 g/mol. The Balaban J connectivity index is 2.83. The van der Waals surface area contributed by atoms with Crippen molar-refractivity contribution < 1.29 is 19.8 Å². The summed E-state index contributed by atoms with van der Waals surface area (Å²) in [5.74, 6) is -2.19. The summed E-state index contributed by atoms with van der Waals surface area (Å²) in [6.07, 6.45) is 3.72. The Morgan fingerprint density at radius 3 is 1.94 bits per heavy atom. The Hall–Kier alpha value is -1.36. The van der Waals surface area contributed by atoms with E-state index in [1.165, 1.54) is 6.07 Å². The molecule has 0 bridgehead atoms. The number of halogens is 1. The lowest BCUT2D eigenvalue weighted by Crippen LogP contribution is -2.04. The summed E-state index contributed by atoms with van der Waals surface area (Å²) in [4.78, 5) is 21.8. The summed E-state index contributed by atoms with van der Waals surface area (Å²) in [7, 11) is 0. The van der Waals surface area contributed by atoms with Crippen LogP contribution in [0.3, 0.4) is 0 Å². The average Bonchev–Trinajstić information content (AvgIpc) is 2.34. The highest BCUT2D eigenvalue weighted by molar-refractivity contribution is 9.09. The summed E-state index contributed by atoms with van der Waals surface area (Å²) in [5.41, 5.74) is 0.831. The van der Waals surface area contributed by atoms with E-state index in [0.29, 0.717) is 6.42 Å². The van der Waals surface area contributed by atoms with Gasteiger partial charge >= 0.3 is 11.9 Å². The number of carboxylic acids is 2. The predicted octanol–water partition coefficient (Wildman–Crippen LogP) is 3.19. The molecule has 4 nitrogen and oxygen atoms in total. The van der Waals surface area contributed by atoms with Gasteiger partial charge in [0.05, 0.1) is 11.1 Å². The molecule has 0 saturated heterocycles. The molecule has 0 heterocycles. The smallest absolute Gasteiger partial charge is 0.335 e. The molecule has 0 radical (unpaired) electrons. The van der Waals surface area contributed by atoms with Crippen LogP contribution in [0.25, 0.3) is 0 Å². The summed E-state index contributed by atoms with van der Waals surface area (Å²) < 4.78 is 0. The van der Waals surface area contributed by atoms with Crippen LogP contribution in [0.2, 0.25) is 0 Å². The summed E-state index contributed by atoms with van der Waals surface area (Å²) in [6, 6.07) is 4.28. The zero-order chi connectivity index (χ0) is 13.5. The minimum atomic E-state index is -1.10. The van der Waals surface area contributed by atoms with Gasteiger partial charge in [0.25, 0.3) is 0 Å². The number of aromatic carboxylic acids is 2. The highest BCUT2D eigenvalue weighted by Gasteiger charge is 2.11. The number of carboxylic acid groups (broad SMARTS) is 2. The van der Waals surface area contributed by atoms with Crippen LogP contribution < -0.4 is 0 Å².